The summed E-state index contributed by atoms with van der Waals surface area (Å²) in [5.74, 6) is -1.14. The third-order valence-corrected chi connectivity index (χ3v) is 12.6. The number of nitrogens with two attached hydrogens (primary N) is 1. The van der Waals surface area contributed by atoms with Crippen molar-refractivity contribution in [2.24, 2.45) is 11.7 Å². The number of carbonyl (C=O) groups is 5. The van der Waals surface area contributed by atoms with Crippen molar-refractivity contribution in [2.45, 2.75) is 51.1 Å². The highest BCUT2D eigenvalue weighted by Crippen LogP contribution is 2.41. The highest BCUT2D eigenvalue weighted by atomic mass is 35.5. The van der Waals surface area contributed by atoms with Gasteiger partial charge in [0.2, 0.25) is 11.8 Å². The zero-order chi connectivity index (χ0) is 40.1. The Balaban J connectivity index is 0.858. The summed E-state index contributed by atoms with van der Waals surface area (Å²) >= 11 is 7.91. The van der Waals surface area contributed by atoms with Crippen LogP contribution in [0.4, 0.5) is 27.4 Å². The van der Waals surface area contributed by atoms with E-state index in [0.717, 1.165) is 60.5 Å². The number of halogens is 2. The normalized spacial score (nSPS) is 21.9. The van der Waals surface area contributed by atoms with Crippen LogP contribution in [0.2, 0.25) is 5.02 Å². The molecule has 4 N–H and O–H groups in total. The number of hydrogen-bond acceptors (Lipinski definition) is 13. The standard InChI is InChI=1S/C39H42ClFN10O5S/c1-21-4-3-5-26(40)34(21)50-20-30(35(42)53)57-39(50)45-31-18-32(44-22(2)43-31)49-10-8-23(9-11-49)19-47-12-14-48(15-13-47)29-17-25-24(16-27(29)41)37(55)51(38(25)56)28-6-7-33(52)46-36(28)54/h3-5,16-18,20,23,28,39H,6-15,19H2,1-2H3,(H2,42,53)(H,43,44,45)(H,46,52,54). The van der Waals surface area contributed by atoms with Gasteiger partial charge in [-0.25, -0.2) is 14.4 Å². The lowest BCUT2D eigenvalue weighted by molar-refractivity contribution is -0.136. The topological polar surface area (TPSA) is 177 Å². The summed E-state index contributed by atoms with van der Waals surface area (Å²) in [4.78, 5) is 81.8. The number of primary amides is 1. The highest BCUT2D eigenvalue weighted by Gasteiger charge is 2.45. The quantitative estimate of drug-likeness (QED) is 0.268. The van der Waals surface area contributed by atoms with Crippen LogP contribution in [-0.4, -0.2) is 107 Å². The third-order valence-electron chi connectivity index (χ3n) is 11.2. The number of thioether (sulfide) groups is 1. The molecule has 5 aliphatic heterocycles. The second-order valence-electron chi connectivity index (χ2n) is 15.0. The SMILES string of the molecule is Cc1nc(NC2SC(C(N)=O)=CN2c2c(C)cccc2Cl)cc(N2CCC(CN3CCN(c4cc5c(cc4F)C(=O)N(C4CCC(=O)NC4=O)C5=O)CC3)CC2)n1. The molecule has 3 saturated heterocycles. The molecule has 3 aromatic rings. The van der Waals surface area contributed by atoms with Gasteiger partial charge in [0.15, 0.2) is 5.50 Å². The molecule has 0 bridgehead atoms. The maximum atomic E-state index is 15.5. The number of anilines is 4. The Kier molecular flexibility index (Phi) is 10.6. The molecule has 0 spiro atoms. The first-order chi connectivity index (χ1) is 27.3. The molecule has 8 rings (SSSR count). The van der Waals surface area contributed by atoms with Crippen molar-refractivity contribution in [3.63, 3.8) is 0 Å². The minimum atomic E-state index is -1.11. The van der Waals surface area contributed by atoms with Gasteiger partial charge >= 0.3 is 0 Å². The average molecular weight is 817 g/mol. The average Bonchev–Trinajstić information content (AvgIpc) is 3.69. The molecule has 298 valence electrons. The van der Waals surface area contributed by atoms with E-state index < -0.39 is 46.9 Å². The van der Waals surface area contributed by atoms with Crippen LogP contribution >= 0.6 is 23.4 Å². The molecule has 5 aliphatic rings. The summed E-state index contributed by atoms with van der Waals surface area (Å²) in [6.07, 6.45) is 3.70. The van der Waals surface area contributed by atoms with Crippen LogP contribution in [0.1, 0.15) is 57.8 Å². The fourth-order valence-corrected chi connectivity index (χ4v) is 9.58. The van der Waals surface area contributed by atoms with E-state index in [4.69, 9.17) is 22.3 Å². The zero-order valence-electron chi connectivity index (χ0n) is 31.5. The predicted molar refractivity (Wildman–Crippen MR) is 214 cm³/mol. The number of hydrogen-bond donors (Lipinski definition) is 3. The first kappa shape index (κ1) is 38.6. The van der Waals surface area contributed by atoms with E-state index in [1.807, 2.05) is 47.9 Å². The molecule has 15 nitrogen and oxygen atoms in total. The van der Waals surface area contributed by atoms with Crippen molar-refractivity contribution in [3.8, 4) is 0 Å². The van der Waals surface area contributed by atoms with Crippen molar-refractivity contribution in [1.82, 2.24) is 25.1 Å². The van der Waals surface area contributed by atoms with Crippen LogP contribution in [0, 0.1) is 25.6 Å². The number of nitrogens with one attached hydrogen (secondary N) is 2. The van der Waals surface area contributed by atoms with Crippen molar-refractivity contribution in [2.75, 3.05) is 65.8 Å². The number of aromatic nitrogens is 2. The van der Waals surface area contributed by atoms with E-state index >= 15 is 4.39 Å². The number of aryl methyl sites for hydroxylation is 2. The largest absolute Gasteiger partial charge is 0.367 e. The number of nitrogens with zero attached hydrogens (tertiary/aromatic N) is 7. The third kappa shape index (κ3) is 7.62. The molecule has 57 heavy (non-hydrogen) atoms. The smallest absolute Gasteiger partial charge is 0.262 e. The molecule has 18 heteroatoms. The number of amides is 5. The van der Waals surface area contributed by atoms with Gasteiger partial charge in [0.1, 0.15) is 29.3 Å². The summed E-state index contributed by atoms with van der Waals surface area (Å²) < 4.78 is 15.5. The van der Waals surface area contributed by atoms with Crippen molar-refractivity contribution >= 4 is 75.9 Å². The van der Waals surface area contributed by atoms with Gasteiger partial charge in [-0.15, -0.1) is 0 Å². The number of benzene rings is 2. The lowest BCUT2D eigenvalue weighted by atomic mass is 9.96. The molecule has 5 amide bonds. The van der Waals surface area contributed by atoms with Crippen LogP contribution in [0.3, 0.4) is 0 Å². The molecular weight excluding hydrogens is 775 g/mol. The molecule has 0 saturated carbocycles. The van der Waals surface area contributed by atoms with Gasteiger partial charge in [0, 0.05) is 64.5 Å². The lowest BCUT2D eigenvalue weighted by Crippen LogP contribution is -2.54. The van der Waals surface area contributed by atoms with E-state index in [9.17, 15) is 24.0 Å². The van der Waals surface area contributed by atoms with Crippen molar-refractivity contribution in [3.05, 3.63) is 80.9 Å². The van der Waals surface area contributed by atoms with Crippen LogP contribution < -0.4 is 31.1 Å². The van der Waals surface area contributed by atoms with Gasteiger partial charge in [-0.3, -0.25) is 39.1 Å². The molecule has 0 aliphatic carbocycles. The Hall–Kier alpha value is -5.26. The first-order valence-electron chi connectivity index (χ1n) is 19.0. The molecule has 1 aromatic heterocycles. The number of piperidine rings is 2. The summed E-state index contributed by atoms with van der Waals surface area (Å²) in [5, 5.41) is 6.20. The van der Waals surface area contributed by atoms with Crippen LogP contribution in [0.15, 0.2) is 47.5 Å². The molecule has 2 aromatic carbocycles. The zero-order valence-corrected chi connectivity index (χ0v) is 33.0. The van der Waals surface area contributed by atoms with Gasteiger partial charge in [-0.05, 0) is 62.8 Å². The summed E-state index contributed by atoms with van der Waals surface area (Å²) in [7, 11) is 0. The summed E-state index contributed by atoms with van der Waals surface area (Å²) in [5.41, 5.74) is 7.24. The number of para-hydroxylation sites is 1. The number of imide groups is 2. The van der Waals surface area contributed by atoms with Crippen molar-refractivity contribution < 1.29 is 28.4 Å². The fraction of sp³-hybridized carbons (Fsp3) is 0.410. The summed E-state index contributed by atoms with van der Waals surface area (Å²) in [6.45, 7) is 8.88. The number of fused-ring (bicyclic) bond motifs is 1. The second-order valence-corrected chi connectivity index (χ2v) is 16.5. The monoisotopic (exact) mass is 816 g/mol. The van der Waals surface area contributed by atoms with Crippen LogP contribution in [-0.2, 0) is 14.4 Å². The second kappa shape index (κ2) is 15.6. The molecule has 0 radical (unpaired) electrons. The van der Waals surface area contributed by atoms with E-state index in [2.05, 4.69) is 25.4 Å². The molecule has 2 unspecified atom stereocenters. The van der Waals surface area contributed by atoms with E-state index in [0.29, 0.717) is 53.7 Å². The molecule has 2 atom stereocenters. The highest BCUT2D eigenvalue weighted by molar-refractivity contribution is 8.05. The Bertz CT molecular complexity index is 2190. The van der Waals surface area contributed by atoms with Gasteiger partial charge < -0.3 is 25.8 Å². The molecular formula is C39H42ClFN10O5S. The Morgan fingerprint density at radius 3 is 2.37 bits per heavy atom. The van der Waals surface area contributed by atoms with Crippen LogP contribution in [0.5, 0.6) is 0 Å². The minimum Gasteiger partial charge on any atom is -0.367 e. The number of carbonyl (C=O) groups excluding carboxylic acids is 5. The van der Waals surface area contributed by atoms with Gasteiger partial charge in [0.05, 0.1) is 32.4 Å². The Morgan fingerprint density at radius 2 is 1.68 bits per heavy atom. The van der Waals surface area contributed by atoms with Crippen LogP contribution in [0.25, 0.3) is 0 Å². The maximum absolute atomic E-state index is 15.5. The maximum Gasteiger partial charge on any atom is 0.262 e. The Labute approximate surface area is 337 Å². The molecule has 6 heterocycles. The molecule has 3 fully saturated rings. The van der Waals surface area contributed by atoms with Crippen molar-refractivity contribution in [1.29, 1.82) is 0 Å². The fourth-order valence-electron chi connectivity index (χ4n) is 8.27. The van der Waals surface area contributed by atoms with E-state index in [1.165, 1.54) is 17.8 Å². The summed E-state index contributed by atoms with van der Waals surface area (Å²) in [6, 6.07) is 9.00. The minimum absolute atomic E-state index is 0.0127. The number of piperazine rings is 1. The van der Waals surface area contributed by atoms with Gasteiger partial charge in [-0.1, -0.05) is 35.5 Å². The van der Waals surface area contributed by atoms with E-state index in [-0.39, 0.29) is 29.7 Å². The number of rotatable bonds is 9. The lowest BCUT2D eigenvalue weighted by Gasteiger charge is -2.40. The predicted octanol–water partition coefficient (Wildman–Crippen LogP) is 3.60. The van der Waals surface area contributed by atoms with Gasteiger partial charge in [-0.2, -0.15) is 0 Å². The first-order valence-corrected chi connectivity index (χ1v) is 20.2. The Morgan fingerprint density at radius 1 is 0.965 bits per heavy atom. The van der Waals surface area contributed by atoms with Gasteiger partial charge in [0.25, 0.3) is 17.7 Å². The van der Waals surface area contributed by atoms with E-state index in [1.54, 1.807) is 6.20 Å².